The van der Waals surface area contributed by atoms with Crippen LogP contribution in [0, 0.1) is 0 Å². The summed E-state index contributed by atoms with van der Waals surface area (Å²) >= 11 is 0. The molecule has 0 amide bonds. The molecule has 1 heterocycles. The number of anilines is 1. The number of para-hydroxylation sites is 1. The van der Waals surface area contributed by atoms with Crippen molar-refractivity contribution < 1.29 is 5.11 Å². The Kier molecular flexibility index (Phi) is 6.34. The maximum atomic E-state index is 10.4. The summed E-state index contributed by atoms with van der Waals surface area (Å²) in [5, 5.41) is 16.3. The van der Waals surface area contributed by atoms with Crippen molar-refractivity contribution in [1.82, 2.24) is 4.98 Å². The Balaban J connectivity index is 1.72. The molecule has 2 N–H and O–H groups in total. The van der Waals surface area contributed by atoms with E-state index in [1.165, 1.54) is 16.8 Å². The molecule has 1 atom stereocenters. The van der Waals surface area contributed by atoms with Gasteiger partial charge in [0.1, 0.15) is 0 Å². The van der Waals surface area contributed by atoms with Crippen molar-refractivity contribution in [2.75, 3.05) is 5.32 Å². The van der Waals surface area contributed by atoms with Crippen LogP contribution in [0.2, 0.25) is 0 Å². The van der Waals surface area contributed by atoms with Gasteiger partial charge in [0, 0.05) is 11.3 Å². The molecule has 158 valence electrons. The summed E-state index contributed by atoms with van der Waals surface area (Å²) in [5.74, 6) is 0. The zero-order valence-corrected chi connectivity index (χ0v) is 18.5. The molecular weight excluding hydrogens is 380 g/mol. The number of fused-ring (bicyclic) bond motifs is 1. The zero-order chi connectivity index (χ0) is 21.8. The Hall–Kier alpha value is -3.17. The number of hydrogen-bond donors (Lipinski definition) is 2. The maximum Gasteiger partial charge on any atom is 0.0768 e. The molecule has 0 saturated carbocycles. The number of aliphatic hydroxyl groups excluding tert-OH is 1. The maximum absolute atomic E-state index is 10.4. The Morgan fingerprint density at radius 1 is 0.839 bits per heavy atom. The lowest BCUT2D eigenvalue weighted by molar-refractivity contribution is 0.200. The van der Waals surface area contributed by atoms with Gasteiger partial charge in [0.25, 0.3) is 0 Å². The number of pyridine rings is 1. The molecule has 0 aliphatic heterocycles. The van der Waals surface area contributed by atoms with E-state index in [2.05, 4.69) is 67.7 Å². The van der Waals surface area contributed by atoms with Gasteiger partial charge in [-0.05, 0) is 59.4 Å². The number of aryl methyl sites for hydroxylation is 2. The second-order valence-electron chi connectivity index (χ2n) is 7.95. The summed E-state index contributed by atoms with van der Waals surface area (Å²) in [4.78, 5) is 4.99. The normalized spacial score (nSPS) is 12.1. The van der Waals surface area contributed by atoms with Crippen LogP contribution in [0.15, 0.2) is 72.8 Å². The van der Waals surface area contributed by atoms with Gasteiger partial charge < -0.3 is 10.4 Å². The van der Waals surface area contributed by atoms with E-state index in [9.17, 15) is 5.11 Å². The summed E-state index contributed by atoms with van der Waals surface area (Å²) in [6.07, 6.45) is 1.43. The van der Waals surface area contributed by atoms with Gasteiger partial charge in [-0.3, -0.25) is 4.98 Å². The van der Waals surface area contributed by atoms with E-state index in [1.807, 2.05) is 31.2 Å². The van der Waals surface area contributed by atoms with Crippen LogP contribution in [0.4, 0.5) is 5.69 Å². The van der Waals surface area contributed by atoms with Gasteiger partial charge in [0.05, 0.1) is 24.0 Å². The van der Waals surface area contributed by atoms with E-state index in [0.29, 0.717) is 6.54 Å². The first kappa shape index (κ1) is 21.1. The third kappa shape index (κ3) is 4.33. The summed E-state index contributed by atoms with van der Waals surface area (Å²) < 4.78 is 0. The summed E-state index contributed by atoms with van der Waals surface area (Å²) in [5.41, 5.74) is 7.69. The lowest BCUT2D eigenvalue weighted by Gasteiger charge is -2.17. The first-order valence-corrected chi connectivity index (χ1v) is 11.1. The molecule has 0 aliphatic rings. The molecule has 3 nitrogen and oxygen atoms in total. The number of nitrogens with one attached hydrogen (secondary N) is 1. The first-order chi connectivity index (χ1) is 15.1. The predicted molar refractivity (Wildman–Crippen MR) is 130 cm³/mol. The molecule has 3 aromatic carbocycles. The molecule has 4 aromatic rings. The van der Waals surface area contributed by atoms with Gasteiger partial charge in [-0.25, -0.2) is 0 Å². The molecule has 0 fully saturated rings. The van der Waals surface area contributed by atoms with Crippen molar-refractivity contribution in [3.63, 3.8) is 0 Å². The Bertz CT molecular complexity index is 1170. The number of nitrogens with zero attached hydrogens (tertiary/aromatic N) is 1. The lowest BCUT2D eigenvalue weighted by atomic mass is 9.93. The van der Waals surface area contributed by atoms with Crippen LogP contribution in [0.1, 0.15) is 49.3 Å². The zero-order valence-electron chi connectivity index (χ0n) is 18.5. The molecule has 0 bridgehead atoms. The highest BCUT2D eigenvalue weighted by atomic mass is 16.3. The van der Waals surface area contributed by atoms with E-state index < -0.39 is 6.10 Å². The largest absolute Gasteiger partial charge is 0.389 e. The fourth-order valence-corrected chi connectivity index (χ4v) is 4.29. The lowest BCUT2D eigenvalue weighted by Crippen LogP contribution is -2.07. The van der Waals surface area contributed by atoms with E-state index in [4.69, 9.17) is 4.98 Å². The quantitative estimate of drug-likeness (QED) is 0.357. The second-order valence-corrected chi connectivity index (χ2v) is 7.95. The van der Waals surface area contributed by atoms with E-state index in [-0.39, 0.29) is 0 Å². The minimum Gasteiger partial charge on any atom is -0.389 e. The fraction of sp³-hybridized carbons (Fsp3) is 0.250. The third-order valence-electron chi connectivity index (χ3n) is 5.92. The molecule has 31 heavy (non-hydrogen) atoms. The fourth-order valence-electron chi connectivity index (χ4n) is 4.29. The van der Waals surface area contributed by atoms with E-state index >= 15 is 0 Å². The van der Waals surface area contributed by atoms with Gasteiger partial charge >= 0.3 is 0 Å². The van der Waals surface area contributed by atoms with Crippen LogP contribution >= 0.6 is 0 Å². The standard InChI is InChI=1S/C28H30N2O/c1-4-20-11-8-12-21(5-2)28(20)29-18-23-13-9-15-26(30-23)27-24(19(3)31)17-16-22-10-6-7-14-25(22)27/h6-17,19,29,31H,4-5,18H2,1-3H3. The Morgan fingerprint density at radius 2 is 1.55 bits per heavy atom. The van der Waals surface area contributed by atoms with Gasteiger partial charge in [-0.2, -0.15) is 0 Å². The molecular formula is C28H30N2O. The number of aromatic nitrogens is 1. The second kappa shape index (κ2) is 9.32. The average Bonchev–Trinajstić information content (AvgIpc) is 2.81. The molecule has 1 aromatic heterocycles. The Morgan fingerprint density at radius 3 is 2.26 bits per heavy atom. The minimum atomic E-state index is -0.563. The average molecular weight is 411 g/mol. The van der Waals surface area contributed by atoms with Crippen LogP contribution < -0.4 is 5.32 Å². The van der Waals surface area contributed by atoms with Crippen molar-refractivity contribution in [2.24, 2.45) is 0 Å². The monoisotopic (exact) mass is 410 g/mol. The first-order valence-electron chi connectivity index (χ1n) is 11.1. The molecule has 3 heteroatoms. The minimum absolute atomic E-state index is 0.563. The highest BCUT2D eigenvalue weighted by Gasteiger charge is 2.15. The summed E-state index contributed by atoms with van der Waals surface area (Å²) in [6.45, 7) is 6.85. The Labute approximate surface area is 184 Å². The van der Waals surface area contributed by atoms with Crippen LogP contribution in [-0.4, -0.2) is 10.1 Å². The van der Waals surface area contributed by atoms with Crippen LogP contribution in [-0.2, 0) is 19.4 Å². The number of benzene rings is 3. The molecule has 0 aliphatic carbocycles. The van der Waals surface area contributed by atoms with Gasteiger partial charge in [-0.15, -0.1) is 0 Å². The van der Waals surface area contributed by atoms with Crippen LogP contribution in [0.3, 0.4) is 0 Å². The van der Waals surface area contributed by atoms with Gasteiger partial charge in [-0.1, -0.05) is 74.5 Å². The van der Waals surface area contributed by atoms with Crippen LogP contribution in [0.25, 0.3) is 22.0 Å². The number of hydrogen-bond acceptors (Lipinski definition) is 3. The molecule has 0 radical (unpaired) electrons. The summed E-state index contributed by atoms with van der Waals surface area (Å²) in [7, 11) is 0. The predicted octanol–water partition coefficient (Wildman–Crippen LogP) is 6.69. The van der Waals surface area contributed by atoms with E-state index in [1.54, 1.807) is 0 Å². The molecule has 0 saturated heterocycles. The van der Waals surface area contributed by atoms with Crippen molar-refractivity contribution in [3.05, 3.63) is 95.2 Å². The summed E-state index contributed by atoms with van der Waals surface area (Å²) in [6, 6.07) is 25.0. The molecule has 1 unspecified atom stereocenters. The van der Waals surface area contributed by atoms with Gasteiger partial charge in [0.15, 0.2) is 0 Å². The number of rotatable bonds is 7. The van der Waals surface area contributed by atoms with Crippen molar-refractivity contribution in [2.45, 2.75) is 46.3 Å². The number of aliphatic hydroxyl groups is 1. The van der Waals surface area contributed by atoms with E-state index in [0.717, 1.165) is 46.1 Å². The molecule has 0 spiro atoms. The third-order valence-corrected chi connectivity index (χ3v) is 5.92. The smallest absolute Gasteiger partial charge is 0.0768 e. The van der Waals surface area contributed by atoms with Gasteiger partial charge in [0.2, 0.25) is 0 Å². The molecule has 4 rings (SSSR count). The van der Waals surface area contributed by atoms with Crippen molar-refractivity contribution in [3.8, 4) is 11.3 Å². The van der Waals surface area contributed by atoms with Crippen molar-refractivity contribution in [1.29, 1.82) is 0 Å². The highest BCUT2D eigenvalue weighted by molar-refractivity contribution is 5.97. The highest BCUT2D eigenvalue weighted by Crippen LogP contribution is 2.34. The van der Waals surface area contributed by atoms with Crippen molar-refractivity contribution >= 4 is 16.5 Å². The SMILES string of the molecule is CCc1cccc(CC)c1NCc1cccc(-c2c(C(C)O)ccc3ccccc23)n1. The van der Waals surface area contributed by atoms with Crippen LogP contribution in [0.5, 0.6) is 0 Å². The topological polar surface area (TPSA) is 45.1 Å².